The van der Waals surface area contributed by atoms with Crippen molar-refractivity contribution in [2.24, 2.45) is 7.05 Å². The van der Waals surface area contributed by atoms with Gasteiger partial charge >= 0.3 is 0 Å². The Morgan fingerprint density at radius 2 is 1.70 bits per heavy atom. The Balaban J connectivity index is 2.25. The number of halogens is 1. The summed E-state index contributed by atoms with van der Waals surface area (Å²) in [6.07, 6.45) is 0. The number of nitrogens with zero attached hydrogens (tertiary/aromatic N) is 2. The zero-order valence-electron chi connectivity index (χ0n) is 11.0. The summed E-state index contributed by atoms with van der Waals surface area (Å²) in [5, 5.41) is 5.22. The number of hydrogen-bond donors (Lipinski definition) is 1. The third-order valence-electron chi connectivity index (χ3n) is 3.25. The van der Waals surface area contributed by atoms with E-state index in [2.05, 4.69) is 5.10 Å². The van der Waals surface area contributed by atoms with Crippen molar-refractivity contribution in [3.05, 3.63) is 59.6 Å². The molecular formula is C16H14ClN3. The van der Waals surface area contributed by atoms with Crippen LogP contribution in [0.1, 0.15) is 0 Å². The molecule has 0 bridgehead atoms. The molecule has 0 aliphatic heterocycles. The fraction of sp³-hybridized carbons (Fsp3) is 0.0625. The molecule has 0 saturated heterocycles. The first-order valence-electron chi connectivity index (χ1n) is 6.30. The van der Waals surface area contributed by atoms with Crippen molar-refractivity contribution in [3.8, 4) is 22.4 Å². The van der Waals surface area contributed by atoms with Gasteiger partial charge in [-0.1, -0.05) is 54.1 Å². The molecule has 100 valence electrons. The van der Waals surface area contributed by atoms with E-state index in [0.29, 0.717) is 10.8 Å². The largest absolute Gasteiger partial charge is 0.383 e. The topological polar surface area (TPSA) is 43.8 Å². The highest BCUT2D eigenvalue weighted by Crippen LogP contribution is 2.36. The van der Waals surface area contributed by atoms with Crippen molar-refractivity contribution in [1.29, 1.82) is 0 Å². The molecule has 20 heavy (non-hydrogen) atoms. The van der Waals surface area contributed by atoms with Crippen molar-refractivity contribution in [2.75, 3.05) is 5.73 Å². The first-order chi connectivity index (χ1) is 9.66. The molecule has 3 rings (SSSR count). The second-order valence-electron chi connectivity index (χ2n) is 4.61. The smallest absolute Gasteiger partial charge is 0.129 e. The molecule has 0 unspecified atom stereocenters. The standard InChI is InChI=1S/C16H14ClN3/c1-20-16(18)14(11-6-3-2-4-7-11)15(19-20)12-8-5-9-13(17)10-12/h2-10H,18H2,1H3. The molecule has 2 N–H and O–H groups in total. The number of nitrogens with two attached hydrogens (primary N) is 1. The third kappa shape index (κ3) is 2.17. The molecule has 4 heteroatoms. The van der Waals surface area contributed by atoms with E-state index >= 15 is 0 Å². The van der Waals surface area contributed by atoms with Crippen molar-refractivity contribution in [3.63, 3.8) is 0 Å². The van der Waals surface area contributed by atoms with Gasteiger partial charge in [0, 0.05) is 17.6 Å². The highest BCUT2D eigenvalue weighted by atomic mass is 35.5. The lowest BCUT2D eigenvalue weighted by Crippen LogP contribution is -1.97. The zero-order chi connectivity index (χ0) is 14.1. The summed E-state index contributed by atoms with van der Waals surface area (Å²) in [7, 11) is 1.84. The SMILES string of the molecule is Cn1nc(-c2cccc(Cl)c2)c(-c2ccccc2)c1N. The van der Waals surface area contributed by atoms with Crippen molar-refractivity contribution in [1.82, 2.24) is 9.78 Å². The summed E-state index contributed by atoms with van der Waals surface area (Å²) in [4.78, 5) is 0. The van der Waals surface area contributed by atoms with Gasteiger partial charge in [0.1, 0.15) is 11.5 Å². The van der Waals surface area contributed by atoms with Crippen LogP contribution in [-0.4, -0.2) is 9.78 Å². The van der Waals surface area contributed by atoms with E-state index in [1.165, 1.54) is 0 Å². The zero-order valence-corrected chi connectivity index (χ0v) is 11.8. The maximum absolute atomic E-state index is 6.18. The molecule has 3 aromatic rings. The van der Waals surface area contributed by atoms with Gasteiger partial charge in [-0.2, -0.15) is 5.10 Å². The number of aryl methyl sites for hydroxylation is 1. The Morgan fingerprint density at radius 1 is 1.00 bits per heavy atom. The van der Waals surface area contributed by atoms with E-state index in [-0.39, 0.29) is 0 Å². The van der Waals surface area contributed by atoms with Gasteiger partial charge in [0.25, 0.3) is 0 Å². The maximum Gasteiger partial charge on any atom is 0.129 e. The average molecular weight is 284 g/mol. The second kappa shape index (κ2) is 5.02. The lowest BCUT2D eigenvalue weighted by molar-refractivity contribution is 0.782. The number of anilines is 1. The predicted octanol–water partition coefficient (Wildman–Crippen LogP) is 3.99. The van der Waals surface area contributed by atoms with Crippen LogP contribution < -0.4 is 5.73 Å². The van der Waals surface area contributed by atoms with Crippen molar-refractivity contribution >= 4 is 17.4 Å². The number of rotatable bonds is 2. The molecule has 1 heterocycles. The van der Waals surface area contributed by atoms with Crippen LogP contribution in [0.3, 0.4) is 0 Å². The number of benzene rings is 2. The summed E-state index contributed by atoms with van der Waals surface area (Å²) in [6, 6.07) is 17.7. The number of nitrogen functional groups attached to an aromatic ring is 1. The summed E-state index contributed by atoms with van der Waals surface area (Å²) in [5.74, 6) is 0.645. The Bertz CT molecular complexity index is 748. The van der Waals surface area contributed by atoms with E-state index in [1.807, 2.05) is 61.6 Å². The molecular weight excluding hydrogens is 270 g/mol. The molecule has 1 aromatic heterocycles. The molecule has 0 radical (unpaired) electrons. The van der Waals surface area contributed by atoms with Gasteiger partial charge in [0.05, 0.1) is 5.56 Å². The molecule has 0 saturated carbocycles. The summed E-state index contributed by atoms with van der Waals surface area (Å²) < 4.78 is 1.69. The average Bonchev–Trinajstić information content (AvgIpc) is 2.76. The van der Waals surface area contributed by atoms with Gasteiger partial charge in [-0.25, -0.2) is 0 Å². The highest BCUT2D eigenvalue weighted by Gasteiger charge is 2.17. The van der Waals surface area contributed by atoms with Crippen LogP contribution in [0.5, 0.6) is 0 Å². The molecule has 0 amide bonds. The van der Waals surface area contributed by atoms with Gasteiger partial charge in [-0.15, -0.1) is 0 Å². The molecule has 2 aromatic carbocycles. The van der Waals surface area contributed by atoms with E-state index in [0.717, 1.165) is 22.4 Å². The Kier molecular flexibility index (Phi) is 3.20. The quantitative estimate of drug-likeness (QED) is 0.773. The lowest BCUT2D eigenvalue weighted by Gasteiger charge is -2.04. The third-order valence-corrected chi connectivity index (χ3v) is 3.49. The van der Waals surface area contributed by atoms with E-state index in [9.17, 15) is 0 Å². The van der Waals surface area contributed by atoms with Gasteiger partial charge in [0.15, 0.2) is 0 Å². The summed E-state index contributed by atoms with van der Waals surface area (Å²) in [6.45, 7) is 0. The molecule has 0 atom stereocenters. The molecule has 0 spiro atoms. The first-order valence-corrected chi connectivity index (χ1v) is 6.68. The monoisotopic (exact) mass is 283 g/mol. The molecule has 0 fully saturated rings. The van der Waals surface area contributed by atoms with Gasteiger partial charge in [0.2, 0.25) is 0 Å². The van der Waals surface area contributed by atoms with Gasteiger partial charge in [-0.05, 0) is 17.7 Å². The van der Waals surface area contributed by atoms with E-state index in [1.54, 1.807) is 4.68 Å². The maximum atomic E-state index is 6.18. The fourth-order valence-electron chi connectivity index (χ4n) is 2.26. The van der Waals surface area contributed by atoms with E-state index in [4.69, 9.17) is 17.3 Å². The van der Waals surface area contributed by atoms with E-state index < -0.39 is 0 Å². The molecule has 0 aliphatic rings. The van der Waals surface area contributed by atoms with Crippen LogP contribution in [-0.2, 0) is 7.05 Å². The number of aromatic nitrogens is 2. The lowest BCUT2D eigenvalue weighted by atomic mass is 10.0. The van der Waals surface area contributed by atoms with Crippen LogP contribution in [0.25, 0.3) is 22.4 Å². The van der Waals surface area contributed by atoms with Gasteiger partial charge < -0.3 is 5.73 Å². The predicted molar refractivity (Wildman–Crippen MR) is 83.5 cm³/mol. The normalized spacial score (nSPS) is 10.7. The minimum atomic E-state index is 0.645. The number of hydrogen-bond acceptors (Lipinski definition) is 2. The minimum Gasteiger partial charge on any atom is -0.383 e. The fourth-order valence-corrected chi connectivity index (χ4v) is 2.45. The van der Waals surface area contributed by atoms with Crippen LogP contribution in [0, 0.1) is 0 Å². The van der Waals surface area contributed by atoms with Crippen LogP contribution in [0.15, 0.2) is 54.6 Å². The summed E-state index contributed by atoms with van der Waals surface area (Å²) >= 11 is 6.07. The van der Waals surface area contributed by atoms with Crippen LogP contribution in [0.4, 0.5) is 5.82 Å². The second-order valence-corrected chi connectivity index (χ2v) is 5.05. The van der Waals surface area contributed by atoms with Crippen LogP contribution in [0.2, 0.25) is 5.02 Å². The van der Waals surface area contributed by atoms with Crippen LogP contribution >= 0.6 is 11.6 Å². The Hall–Kier alpha value is -2.26. The highest BCUT2D eigenvalue weighted by molar-refractivity contribution is 6.30. The van der Waals surface area contributed by atoms with Gasteiger partial charge in [-0.3, -0.25) is 4.68 Å². The summed E-state index contributed by atoms with van der Waals surface area (Å²) in [5.41, 5.74) is 9.98. The minimum absolute atomic E-state index is 0.645. The molecule has 3 nitrogen and oxygen atoms in total. The Labute approximate surface area is 122 Å². The van der Waals surface area contributed by atoms with Crippen molar-refractivity contribution in [2.45, 2.75) is 0 Å². The first kappa shape index (κ1) is 12.8. The Morgan fingerprint density at radius 3 is 2.40 bits per heavy atom. The van der Waals surface area contributed by atoms with Crippen molar-refractivity contribution < 1.29 is 0 Å². The molecule has 0 aliphatic carbocycles.